The van der Waals surface area contributed by atoms with Crippen molar-refractivity contribution in [3.63, 3.8) is 0 Å². The van der Waals surface area contributed by atoms with Crippen molar-refractivity contribution in [3.05, 3.63) is 34.7 Å². The molecule has 2 unspecified atom stereocenters. The van der Waals surface area contributed by atoms with Crippen LogP contribution in [0.15, 0.2) is 39.7 Å². The molecule has 5 aliphatic rings. The van der Waals surface area contributed by atoms with Crippen LogP contribution in [-0.2, 0) is 38.5 Å². The molecule has 0 aromatic rings. The Morgan fingerprint density at radius 3 is 2.71 bits per heavy atom. The fourth-order valence-corrected chi connectivity index (χ4v) is 9.95. The maximum absolute atomic E-state index is 12.4. The van der Waals surface area contributed by atoms with Crippen LogP contribution in [0.2, 0.25) is 0 Å². The number of aliphatic imine (C=N–C) groups is 1. The summed E-state index contributed by atoms with van der Waals surface area (Å²) in [5, 5.41) is 25.3. The Morgan fingerprint density at radius 2 is 2.05 bits per heavy atom. The molecule has 1 aliphatic carbocycles. The molecular weight excluding hydrogens is 625 g/mol. The third kappa shape index (κ3) is 5.25. The van der Waals surface area contributed by atoms with E-state index in [-0.39, 0.29) is 59.5 Å². The van der Waals surface area contributed by atoms with Crippen LogP contribution in [0.1, 0.15) is 6.92 Å². The van der Waals surface area contributed by atoms with Gasteiger partial charge in [0.05, 0.1) is 28.1 Å². The van der Waals surface area contributed by atoms with E-state index in [1.807, 2.05) is 19.0 Å². The zero-order valence-electron chi connectivity index (χ0n) is 21.4. The van der Waals surface area contributed by atoms with Crippen LogP contribution in [0.4, 0.5) is 0 Å². The van der Waals surface area contributed by atoms with Crippen molar-refractivity contribution in [1.29, 1.82) is 0 Å². The fraction of sp³-hybridized carbons (Fsp3) is 0.609. The molecule has 0 aromatic heterocycles. The fourth-order valence-electron chi connectivity index (χ4n) is 5.15. The van der Waals surface area contributed by atoms with Gasteiger partial charge in [0.25, 0.3) is 0 Å². The Labute approximate surface area is 251 Å². The maximum Gasteiger partial charge on any atom is 0.324 e. The molecule has 8 atom stereocenters. The summed E-state index contributed by atoms with van der Waals surface area (Å²) in [6.45, 7) is 1.77. The third-order valence-electron chi connectivity index (χ3n) is 7.23. The molecule has 0 aromatic carbocycles. The van der Waals surface area contributed by atoms with Gasteiger partial charge in [0, 0.05) is 43.1 Å². The van der Waals surface area contributed by atoms with Crippen molar-refractivity contribution in [2.75, 3.05) is 32.7 Å². The number of carboxylic acids is 1. The molecule has 0 spiro atoms. The summed E-state index contributed by atoms with van der Waals surface area (Å²) < 4.78 is 11.4. The normalized spacial score (nSPS) is 41.5. The number of aliphatic carboxylic acids is 1. The summed E-state index contributed by atoms with van der Waals surface area (Å²) in [4.78, 5) is 33.1. The average Bonchev–Trinajstić information content (AvgIpc) is 3.61. The van der Waals surface area contributed by atoms with Crippen LogP contribution in [0.5, 0.6) is 0 Å². The Hall–Kier alpha value is -0.567. The third-order valence-corrected chi connectivity index (χ3v) is 11.8. The minimum absolute atomic E-state index is 0. The molecule has 3 N–H and O–H groups in total. The first kappa shape index (κ1) is 30.4. The van der Waals surface area contributed by atoms with Gasteiger partial charge >= 0.3 is 5.97 Å². The number of halogens is 1. The molecule has 0 saturated carbocycles. The molecule has 0 amide bonds. The van der Waals surface area contributed by atoms with E-state index in [1.54, 1.807) is 30.4 Å². The van der Waals surface area contributed by atoms with E-state index in [2.05, 4.69) is 10.2 Å². The predicted molar refractivity (Wildman–Crippen MR) is 147 cm³/mol. The number of rotatable bonds is 5. The number of likely N-dealkylation sites (N-methyl/N-ethyl adjacent to an activating group) is 2. The number of hydrogen-bond acceptors (Lipinski definition) is 12. The smallest absolute Gasteiger partial charge is 0.324 e. The largest absolute Gasteiger partial charge is 0.480 e. The number of ether oxygens (including phenoxy) is 2. The molecule has 38 heavy (non-hydrogen) atoms. The summed E-state index contributed by atoms with van der Waals surface area (Å²) in [5.41, 5.74) is -1.61. The topological polar surface area (TPSA) is 124 Å². The molecule has 4 aliphatic heterocycles. The Balaban J connectivity index is 0.00000336. The maximum atomic E-state index is 12.4. The van der Waals surface area contributed by atoms with Crippen molar-refractivity contribution < 1.29 is 48.8 Å². The first-order valence-electron chi connectivity index (χ1n) is 11.7. The van der Waals surface area contributed by atoms with E-state index in [9.17, 15) is 19.8 Å². The quantitative estimate of drug-likeness (QED) is 0.294. The summed E-state index contributed by atoms with van der Waals surface area (Å²) >= 11 is 10.9. The number of ketones is 1. The van der Waals surface area contributed by atoms with Gasteiger partial charge in [-0.2, -0.15) is 0 Å². The minimum Gasteiger partial charge on any atom is -0.480 e. The number of aliphatic hydroxyl groups is 1. The van der Waals surface area contributed by atoms with Crippen molar-refractivity contribution in [1.82, 2.24) is 15.1 Å². The van der Waals surface area contributed by atoms with Gasteiger partial charge in [-0.15, -0.1) is 35.3 Å². The van der Waals surface area contributed by atoms with Crippen LogP contribution in [0, 0.1) is 0 Å². The van der Waals surface area contributed by atoms with Gasteiger partial charge in [0.15, 0.2) is 5.78 Å². The van der Waals surface area contributed by atoms with Gasteiger partial charge in [0.2, 0.25) is 11.6 Å². The first-order valence-corrected chi connectivity index (χ1v) is 15.1. The first-order chi connectivity index (χ1) is 17.5. The number of methoxy groups -OCH3 is 1. The van der Waals surface area contributed by atoms with Crippen LogP contribution in [0.3, 0.4) is 0 Å². The van der Waals surface area contributed by atoms with Gasteiger partial charge in [-0.05, 0) is 39.2 Å². The second kappa shape index (κ2) is 11.7. The second-order valence-corrected chi connectivity index (χ2v) is 13.3. The Bertz CT molecular complexity index is 1120. The number of thioether (sulfide) groups is 3. The number of nitrogens with one attached hydrogen (secondary N) is 1. The Morgan fingerprint density at radius 1 is 1.32 bits per heavy atom. The van der Waals surface area contributed by atoms with Crippen LogP contribution in [0.25, 0.3) is 0 Å². The van der Waals surface area contributed by atoms with E-state index < -0.39 is 29.3 Å². The molecular formula is C23H29ClN4O6S3Zn. The molecule has 15 heteroatoms. The SMILES string of the molecule is CO[C@@H]1SC([C@H]2CSC([C@@H]3CSC([C@@]4(O)NC(=C5C=C(Cl)C=CC5=O)O[C@@H]4C)N3C)=N2)N(C)[C@H]1C(=O)O.[Zn]. The van der Waals surface area contributed by atoms with Crippen LogP contribution in [-0.4, -0.2) is 116 Å². The molecule has 5 rings (SSSR count). The van der Waals surface area contributed by atoms with Crippen molar-refractivity contribution in [3.8, 4) is 0 Å². The second-order valence-electron chi connectivity index (χ2n) is 9.47. The zero-order valence-corrected chi connectivity index (χ0v) is 27.5. The summed E-state index contributed by atoms with van der Waals surface area (Å²) in [5.74, 6) is 0.546. The van der Waals surface area contributed by atoms with Crippen molar-refractivity contribution in [2.45, 2.75) is 53.1 Å². The molecule has 4 heterocycles. The molecule has 10 nitrogen and oxygen atoms in total. The number of carboxylic acid groups (broad SMARTS) is 1. The van der Waals surface area contributed by atoms with Gasteiger partial charge in [-0.3, -0.25) is 24.4 Å². The molecule has 0 radical (unpaired) electrons. The number of hydrogen-bond donors (Lipinski definition) is 3. The van der Waals surface area contributed by atoms with E-state index in [1.165, 1.54) is 37.1 Å². The Kier molecular flexibility index (Phi) is 9.39. The van der Waals surface area contributed by atoms with E-state index in [0.717, 1.165) is 16.5 Å². The molecule has 0 bridgehead atoms. The van der Waals surface area contributed by atoms with Gasteiger partial charge in [-0.1, -0.05) is 11.6 Å². The summed E-state index contributed by atoms with van der Waals surface area (Å²) in [7, 11) is 5.30. The summed E-state index contributed by atoms with van der Waals surface area (Å²) in [6.07, 6.45) is 3.82. The van der Waals surface area contributed by atoms with Crippen molar-refractivity contribution >= 4 is 63.7 Å². The van der Waals surface area contributed by atoms with Crippen LogP contribution < -0.4 is 5.32 Å². The summed E-state index contributed by atoms with van der Waals surface area (Å²) in [6, 6.07) is -0.803. The zero-order chi connectivity index (χ0) is 26.6. The number of carbonyl (C=O) groups is 2. The monoisotopic (exact) mass is 652 g/mol. The van der Waals surface area contributed by atoms with E-state index in [0.29, 0.717) is 5.03 Å². The van der Waals surface area contributed by atoms with Crippen molar-refractivity contribution in [2.24, 2.45) is 4.99 Å². The molecule has 3 saturated heterocycles. The number of carbonyl (C=O) groups excluding carboxylic acids is 1. The van der Waals surface area contributed by atoms with Gasteiger partial charge in [0.1, 0.15) is 23.0 Å². The van der Waals surface area contributed by atoms with E-state index >= 15 is 0 Å². The minimum atomic E-state index is -1.44. The van der Waals surface area contributed by atoms with Gasteiger partial charge < -0.3 is 25.0 Å². The number of nitrogens with zero attached hydrogens (tertiary/aromatic N) is 3. The van der Waals surface area contributed by atoms with Crippen LogP contribution >= 0.6 is 46.9 Å². The van der Waals surface area contributed by atoms with Gasteiger partial charge in [-0.25, -0.2) is 0 Å². The standard InChI is InChI=1S/C23H29ClN4O6S3.Zn/c1-10-23(32,26-17(34-10)12-7-11(24)5-6-15(12)29)22-27(2)14(9-36-22)18-25-13(8-35-18)19-28(3)16(20(30)31)21(33-4)37-19;/h5-7,10,13-14,16,19,21-22,26,32H,8-9H2,1-4H3,(H,30,31);/t10-,13-,14+,16+,19?,21-,22?,23-;/m1./s1. The molecule has 204 valence electrons. The average molecular weight is 655 g/mol. The van der Waals surface area contributed by atoms with E-state index in [4.69, 9.17) is 26.1 Å². The number of allylic oxidation sites excluding steroid dienone is 5. The molecule has 3 fully saturated rings. The predicted octanol–water partition coefficient (Wildman–Crippen LogP) is 1.47.